The zero-order chi connectivity index (χ0) is 19.8. The molecule has 8 heteroatoms. The van der Waals surface area contributed by atoms with Crippen molar-refractivity contribution in [1.82, 2.24) is 10.1 Å². The standard InChI is InChI=1S/C20H14ClN3O4/c1-11-9-15(23-28-11)24-17(13-3-2-8-22-10-13)16(19(26)20(24)27)18(25)12-4-6-14(21)7-5-12/h2-10,17,25H,1H3/b18-16-. The van der Waals surface area contributed by atoms with E-state index in [0.717, 1.165) is 0 Å². The first-order valence-corrected chi connectivity index (χ1v) is 8.75. The van der Waals surface area contributed by atoms with Crippen molar-refractivity contribution < 1.29 is 19.2 Å². The van der Waals surface area contributed by atoms with Crippen LogP contribution in [0.5, 0.6) is 0 Å². The van der Waals surface area contributed by atoms with Crippen LogP contribution in [0.4, 0.5) is 5.82 Å². The van der Waals surface area contributed by atoms with Crippen LogP contribution < -0.4 is 4.90 Å². The number of Topliss-reactive ketones (excluding diaryl/α,β-unsaturated/α-hetero) is 1. The Labute approximate surface area is 164 Å². The minimum absolute atomic E-state index is 0.0547. The Kier molecular flexibility index (Phi) is 4.44. The molecule has 28 heavy (non-hydrogen) atoms. The van der Waals surface area contributed by atoms with Crippen LogP contribution >= 0.6 is 11.6 Å². The SMILES string of the molecule is Cc1cc(N2C(=O)C(=O)/C(=C(\O)c3ccc(Cl)cc3)C2c2cccnc2)no1. The third kappa shape index (κ3) is 2.95. The normalized spacial score (nSPS) is 18.6. The summed E-state index contributed by atoms with van der Waals surface area (Å²) in [5, 5.41) is 15.2. The number of amides is 1. The van der Waals surface area contributed by atoms with Crippen LogP contribution in [0, 0.1) is 6.92 Å². The highest BCUT2D eigenvalue weighted by molar-refractivity contribution is 6.51. The minimum atomic E-state index is -0.895. The minimum Gasteiger partial charge on any atom is -0.507 e. The van der Waals surface area contributed by atoms with Gasteiger partial charge in [-0.1, -0.05) is 22.8 Å². The molecule has 4 rings (SSSR count). The molecule has 1 aliphatic rings. The number of aliphatic hydroxyl groups is 1. The van der Waals surface area contributed by atoms with E-state index in [0.29, 0.717) is 21.9 Å². The summed E-state index contributed by atoms with van der Waals surface area (Å²) in [5.74, 6) is -1.26. The molecule has 2 aromatic heterocycles. The number of aromatic nitrogens is 2. The lowest BCUT2D eigenvalue weighted by molar-refractivity contribution is -0.132. The Morgan fingerprint density at radius 3 is 2.57 bits per heavy atom. The Balaban J connectivity index is 1.93. The van der Waals surface area contributed by atoms with Gasteiger partial charge in [-0.05, 0) is 42.8 Å². The molecule has 1 N–H and O–H groups in total. The van der Waals surface area contributed by atoms with E-state index in [1.807, 2.05) is 0 Å². The van der Waals surface area contributed by atoms with E-state index in [1.165, 1.54) is 11.1 Å². The molecule has 1 aliphatic heterocycles. The van der Waals surface area contributed by atoms with Crippen LogP contribution in [0.2, 0.25) is 5.02 Å². The fourth-order valence-electron chi connectivity index (χ4n) is 3.15. The molecule has 0 spiro atoms. The molecule has 3 aromatic rings. The van der Waals surface area contributed by atoms with Gasteiger partial charge >= 0.3 is 5.91 Å². The van der Waals surface area contributed by atoms with Crippen LogP contribution in [0.15, 0.2) is 65.0 Å². The average Bonchev–Trinajstić information content (AvgIpc) is 3.24. The van der Waals surface area contributed by atoms with Crippen molar-refractivity contribution in [3.8, 4) is 0 Å². The van der Waals surface area contributed by atoms with Crippen molar-refractivity contribution >= 4 is 34.9 Å². The van der Waals surface area contributed by atoms with Crippen LogP contribution in [0.1, 0.15) is 22.9 Å². The van der Waals surface area contributed by atoms with Gasteiger partial charge in [-0.25, -0.2) is 0 Å². The monoisotopic (exact) mass is 395 g/mol. The number of rotatable bonds is 3. The zero-order valence-electron chi connectivity index (χ0n) is 14.7. The molecule has 0 saturated carbocycles. The second-order valence-corrected chi connectivity index (χ2v) is 6.69. The first-order valence-electron chi connectivity index (χ1n) is 8.37. The number of halogens is 1. The van der Waals surface area contributed by atoms with Crippen molar-refractivity contribution in [2.45, 2.75) is 13.0 Å². The van der Waals surface area contributed by atoms with Crippen LogP contribution in [-0.2, 0) is 9.59 Å². The molecule has 0 radical (unpaired) electrons. The van der Waals surface area contributed by atoms with E-state index in [9.17, 15) is 14.7 Å². The summed E-state index contributed by atoms with van der Waals surface area (Å²) in [6, 6.07) is 10.4. The summed E-state index contributed by atoms with van der Waals surface area (Å²) in [5.41, 5.74) is 0.867. The van der Waals surface area contributed by atoms with Gasteiger partial charge in [-0.15, -0.1) is 0 Å². The van der Waals surface area contributed by atoms with E-state index in [1.54, 1.807) is 55.6 Å². The number of benzene rings is 1. The van der Waals surface area contributed by atoms with Gasteiger partial charge in [0.25, 0.3) is 5.78 Å². The highest BCUT2D eigenvalue weighted by Gasteiger charge is 2.48. The molecule has 3 heterocycles. The van der Waals surface area contributed by atoms with Crippen molar-refractivity contribution in [3.05, 3.63) is 82.3 Å². The Morgan fingerprint density at radius 2 is 1.96 bits per heavy atom. The molecule has 1 amide bonds. The lowest BCUT2D eigenvalue weighted by Gasteiger charge is -2.22. The highest BCUT2D eigenvalue weighted by Crippen LogP contribution is 2.41. The number of carbonyl (C=O) groups excluding carboxylic acids is 2. The van der Waals surface area contributed by atoms with Crippen LogP contribution in [0.25, 0.3) is 5.76 Å². The van der Waals surface area contributed by atoms with Crippen molar-refractivity contribution in [2.24, 2.45) is 0 Å². The Morgan fingerprint density at radius 1 is 1.21 bits per heavy atom. The third-order valence-electron chi connectivity index (χ3n) is 4.42. The van der Waals surface area contributed by atoms with Crippen molar-refractivity contribution in [3.63, 3.8) is 0 Å². The summed E-state index contributed by atoms with van der Waals surface area (Å²) < 4.78 is 5.07. The summed E-state index contributed by atoms with van der Waals surface area (Å²) in [6.45, 7) is 1.68. The number of aryl methyl sites for hydroxylation is 1. The molecule has 140 valence electrons. The maximum atomic E-state index is 12.8. The van der Waals surface area contributed by atoms with Gasteiger partial charge in [0.15, 0.2) is 5.82 Å². The molecular formula is C20H14ClN3O4. The van der Waals surface area contributed by atoms with E-state index in [2.05, 4.69) is 10.1 Å². The first-order chi connectivity index (χ1) is 13.5. The first kappa shape index (κ1) is 17.9. The van der Waals surface area contributed by atoms with E-state index in [-0.39, 0.29) is 17.2 Å². The summed E-state index contributed by atoms with van der Waals surface area (Å²) in [7, 11) is 0. The van der Waals surface area contributed by atoms with Gasteiger partial charge in [0, 0.05) is 29.0 Å². The number of anilines is 1. The van der Waals surface area contributed by atoms with Gasteiger partial charge in [-0.3, -0.25) is 19.5 Å². The van der Waals surface area contributed by atoms with Crippen molar-refractivity contribution in [1.29, 1.82) is 0 Å². The average molecular weight is 396 g/mol. The largest absolute Gasteiger partial charge is 0.507 e. The van der Waals surface area contributed by atoms with E-state index in [4.69, 9.17) is 16.1 Å². The second kappa shape index (κ2) is 6.94. The molecule has 1 atom stereocenters. The second-order valence-electron chi connectivity index (χ2n) is 6.26. The maximum absolute atomic E-state index is 12.8. The lowest BCUT2D eigenvalue weighted by Crippen LogP contribution is -2.29. The van der Waals surface area contributed by atoms with Gasteiger partial charge < -0.3 is 9.63 Å². The summed E-state index contributed by atoms with van der Waals surface area (Å²) >= 11 is 5.90. The van der Waals surface area contributed by atoms with Gasteiger partial charge in [0.2, 0.25) is 0 Å². The van der Waals surface area contributed by atoms with Gasteiger partial charge in [-0.2, -0.15) is 0 Å². The molecule has 0 aliphatic carbocycles. The molecule has 1 fully saturated rings. The predicted octanol–water partition coefficient (Wildman–Crippen LogP) is 3.66. The molecule has 1 unspecified atom stereocenters. The maximum Gasteiger partial charge on any atom is 0.301 e. The number of carbonyl (C=O) groups is 2. The fraction of sp³-hybridized carbons (Fsp3) is 0.100. The third-order valence-corrected chi connectivity index (χ3v) is 4.68. The lowest BCUT2D eigenvalue weighted by atomic mass is 9.96. The number of hydrogen-bond donors (Lipinski definition) is 1. The number of nitrogens with zero attached hydrogens (tertiary/aromatic N) is 3. The quantitative estimate of drug-likeness (QED) is 0.413. The molecule has 1 saturated heterocycles. The zero-order valence-corrected chi connectivity index (χ0v) is 15.4. The molecule has 0 bridgehead atoms. The summed E-state index contributed by atoms with van der Waals surface area (Å²) in [4.78, 5) is 30.9. The van der Waals surface area contributed by atoms with E-state index < -0.39 is 17.7 Å². The van der Waals surface area contributed by atoms with Crippen molar-refractivity contribution in [2.75, 3.05) is 4.90 Å². The Hall–Kier alpha value is -3.45. The highest BCUT2D eigenvalue weighted by atomic mass is 35.5. The van der Waals surface area contributed by atoms with Gasteiger partial charge in [0.05, 0.1) is 11.6 Å². The number of pyridine rings is 1. The Bertz CT molecular complexity index is 1090. The van der Waals surface area contributed by atoms with Crippen LogP contribution in [-0.4, -0.2) is 26.9 Å². The molecular weight excluding hydrogens is 382 g/mol. The molecule has 7 nitrogen and oxygen atoms in total. The topological polar surface area (TPSA) is 96.5 Å². The summed E-state index contributed by atoms with van der Waals surface area (Å²) in [6.07, 6.45) is 3.11. The van der Waals surface area contributed by atoms with Gasteiger partial charge in [0.1, 0.15) is 11.5 Å². The molecule has 1 aromatic carbocycles. The predicted molar refractivity (Wildman–Crippen MR) is 102 cm³/mol. The fourth-order valence-corrected chi connectivity index (χ4v) is 3.28. The van der Waals surface area contributed by atoms with E-state index >= 15 is 0 Å². The smallest absolute Gasteiger partial charge is 0.301 e. The number of aliphatic hydroxyl groups excluding tert-OH is 1. The number of hydrogen-bond acceptors (Lipinski definition) is 6. The number of ketones is 1. The van der Waals surface area contributed by atoms with Crippen LogP contribution in [0.3, 0.4) is 0 Å².